The quantitative estimate of drug-likeness (QED) is 0.642. The van der Waals surface area contributed by atoms with Gasteiger partial charge in [-0.05, 0) is 102 Å². The van der Waals surface area contributed by atoms with Gasteiger partial charge in [0.2, 0.25) is 5.91 Å². The maximum atomic E-state index is 11.6. The van der Waals surface area contributed by atoms with Crippen molar-refractivity contribution >= 4 is 11.9 Å². The SMILES string of the molecule is C[C@]12CCC3c4ccc(CC(=O)O)cc4CCC3C1C[C@H](Cc1cccc(C(N)=O)c1)[C@@H]2O. The number of carboxylic acids is 1. The van der Waals surface area contributed by atoms with Crippen LogP contribution in [0.5, 0.6) is 0 Å². The number of aliphatic hydroxyl groups is 1. The number of primary amides is 1. The molecule has 2 fully saturated rings. The molecule has 5 heteroatoms. The molecule has 3 unspecified atom stereocenters. The summed E-state index contributed by atoms with van der Waals surface area (Å²) in [6, 6.07) is 13.8. The van der Waals surface area contributed by atoms with Crippen LogP contribution in [0.4, 0.5) is 0 Å². The van der Waals surface area contributed by atoms with Gasteiger partial charge in [-0.2, -0.15) is 0 Å². The average molecular weight is 448 g/mol. The number of hydrogen-bond donors (Lipinski definition) is 3. The van der Waals surface area contributed by atoms with Gasteiger partial charge in [0.1, 0.15) is 0 Å². The number of carbonyl (C=O) groups is 2. The second kappa shape index (κ2) is 8.28. The number of rotatable bonds is 5. The largest absolute Gasteiger partial charge is 0.481 e. The molecule has 0 bridgehead atoms. The van der Waals surface area contributed by atoms with E-state index in [1.165, 1.54) is 11.1 Å². The molecule has 0 saturated heterocycles. The molecule has 2 aromatic rings. The van der Waals surface area contributed by atoms with Crippen molar-refractivity contribution in [2.75, 3.05) is 0 Å². The Morgan fingerprint density at radius 1 is 1.12 bits per heavy atom. The summed E-state index contributed by atoms with van der Waals surface area (Å²) < 4.78 is 0. The number of aliphatic hydroxyl groups excluding tert-OH is 1. The van der Waals surface area contributed by atoms with Gasteiger partial charge in [0.25, 0.3) is 0 Å². The van der Waals surface area contributed by atoms with Crippen LogP contribution >= 0.6 is 0 Å². The first-order valence-electron chi connectivity index (χ1n) is 12.2. The number of carbonyl (C=O) groups excluding carboxylic acids is 1. The molecule has 3 aliphatic rings. The van der Waals surface area contributed by atoms with Crippen LogP contribution in [0.2, 0.25) is 0 Å². The van der Waals surface area contributed by atoms with E-state index in [0.717, 1.165) is 49.7 Å². The van der Waals surface area contributed by atoms with E-state index < -0.39 is 11.9 Å². The fourth-order valence-corrected chi connectivity index (χ4v) is 7.42. The lowest BCUT2D eigenvalue weighted by molar-refractivity contribution is -0.136. The van der Waals surface area contributed by atoms with Crippen LogP contribution in [-0.4, -0.2) is 28.2 Å². The van der Waals surface area contributed by atoms with E-state index in [0.29, 0.717) is 23.3 Å². The molecule has 2 saturated carbocycles. The molecule has 3 aliphatic carbocycles. The zero-order chi connectivity index (χ0) is 23.3. The molecule has 2 aromatic carbocycles. The number of aliphatic carboxylic acids is 1. The second-order valence-corrected chi connectivity index (χ2v) is 10.8. The first-order chi connectivity index (χ1) is 15.8. The highest BCUT2D eigenvalue weighted by Crippen LogP contribution is 2.62. The van der Waals surface area contributed by atoms with Gasteiger partial charge in [-0.1, -0.05) is 37.3 Å². The summed E-state index contributed by atoms with van der Waals surface area (Å²) >= 11 is 0. The van der Waals surface area contributed by atoms with Gasteiger partial charge < -0.3 is 15.9 Å². The summed E-state index contributed by atoms with van der Waals surface area (Å²) in [5.41, 5.74) is 10.6. The van der Waals surface area contributed by atoms with Gasteiger partial charge in [0.15, 0.2) is 0 Å². The molecule has 33 heavy (non-hydrogen) atoms. The summed E-state index contributed by atoms with van der Waals surface area (Å²) in [5, 5.41) is 20.6. The minimum Gasteiger partial charge on any atom is -0.481 e. The number of carboxylic acid groups (broad SMARTS) is 1. The predicted octanol–water partition coefficient (Wildman–Crippen LogP) is 4.10. The molecule has 0 heterocycles. The molecule has 0 radical (unpaired) electrons. The lowest BCUT2D eigenvalue weighted by atomic mass is 9.55. The Labute approximate surface area is 195 Å². The molecule has 174 valence electrons. The fraction of sp³-hybridized carbons (Fsp3) is 0.500. The molecular formula is C28H33NO4. The zero-order valence-electron chi connectivity index (χ0n) is 19.2. The lowest BCUT2D eigenvalue weighted by Crippen LogP contribution is -2.44. The van der Waals surface area contributed by atoms with Crippen molar-refractivity contribution in [3.05, 3.63) is 70.3 Å². The summed E-state index contributed by atoms with van der Waals surface area (Å²) in [5.74, 6) is 0.501. The predicted molar refractivity (Wildman–Crippen MR) is 126 cm³/mol. The minimum atomic E-state index is -0.788. The van der Waals surface area contributed by atoms with E-state index in [-0.39, 0.29) is 23.9 Å². The Balaban J connectivity index is 1.37. The summed E-state index contributed by atoms with van der Waals surface area (Å²) in [6.45, 7) is 2.28. The fourth-order valence-electron chi connectivity index (χ4n) is 7.42. The molecule has 0 aromatic heterocycles. The van der Waals surface area contributed by atoms with Gasteiger partial charge in [0.05, 0.1) is 12.5 Å². The van der Waals surface area contributed by atoms with Crippen LogP contribution in [0.15, 0.2) is 42.5 Å². The van der Waals surface area contributed by atoms with Crippen LogP contribution < -0.4 is 5.73 Å². The highest BCUT2D eigenvalue weighted by Gasteiger charge is 2.57. The van der Waals surface area contributed by atoms with E-state index in [1.807, 2.05) is 24.3 Å². The smallest absolute Gasteiger partial charge is 0.307 e. The number of benzene rings is 2. The van der Waals surface area contributed by atoms with Gasteiger partial charge in [-0.25, -0.2) is 0 Å². The van der Waals surface area contributed by atoms with Crippen molar-refractivity contribution < 1.29 is 19.8 Å². The first kappa shape index (κ1) is 22.1. The summed E-state index contributed by atoms with van der Waals surface area (Å²) in [7, 11) is 0. The van der Waals surface area contributed by atoms with E-state index in [4.69, 9.17) is 10.8 Å². The lowest BCUT2D eigenvalue weighted by Gasteiger charge is -2.50. The van der Waals surface area contributed by atoms with Crippen molar-refractivity contribution in [1.82, 2.24) is 0 Å². The van der Waals surface area contributed by atoms with Crippen molar-refractivity contribution in [3.8, 4) is 0 Å². The van der Waals surface area contributed by atoms with Gasteiger partial charge in [0, 0.05) is 5.56 Å². The third-order valence-corrected chi connectivity index (χ3v) is 8.97. The Bertz CT molecular complexity index is 1100. The maximum Gasteiger partial charge on any atom is 0.307 e. The molecule has 5 nitrogen and oxygen atoms in total. The molecule has 6 atom stereocenters. The highest BCUT2D eigenvalue weighted by atomic mass is 16.4. The molecule has 0 aliphatic heterocycles. The van der Waals surface area contributed by atoms with Gasteiger partial charge in [-0.3, -0.25) is 9.59 Å². The van der Waals surface area contributed by atoms with E-state index in [9.17, 15) is 14.7 Å². The average Bonchev–Trinajstić information content (AvgIpc) is 3.03. The van der Waals surface area contributed by atoms with Crippen LogP contribution in [0, 0.1) is 23.2 Å². The molecular weight excluding hydrogens is 414 g/mol. The van der Waals surface area contributed by atoms with Crippen molar-refractivity contribution in [2.45, 2.75) is 63.9 Å². The summed E-state index contributed by atoms with van der Waals surface area (Å²) in [4.78, 5) is 22.7. The Hall–Kier alpha value is -2.66. The van der Waals surface area contributed by atoms with Gasteiger partial charge in [-0.15, -0.1) is 0 Å². The normalized spacial score (nSPS) is 32.5. The van der Waals surface area contributed by atoms with Crippen LogP contribution in [0.1, 0.15) is 71.1 Å². The number of aryl methyl sites for hydroxylation is 1. The van der Waals surface area contributed by atoms with E-state index in [1.54, 1.807) is 6.07 Å². The number of hydrogen-bond acceptors (Lipinski definition) is 3. The first-order valence-corrected chi connectivity index (χ1v) is 12.2. The molecule has 5 rings (SSSR count). The van der Waals surface area contributed by atoms with Crippen molar-refractivity contribution in [3.63, 3.8) is 0 Å². The Morgan fingerprint density at radius 3 is 2.70 bits per heavy atom. The van der Waals surface area contributed by atoms with E-state index in [2.05, 4.69) is 19.1 Å². The van der Waals surface area contributed by atoms with Crippen molar-refractivity contribution in [2.24, 2.45) is 28.9 Å². The minimum absolute atomic E-state index is 0.0755. The standard InChI is InChI=1S/C28H33NO4/c1-28-10-9-22-21-7-5-17(14-25(30)31)11-18(21)6-8-23(22)24(28)15-20(26(28)32)13-16-3-2-4-19(12-16)27(29)33/h2-5,7,11-12,20,22-24,26,32H,6,8-10,13-15H2,1H3,(H2,29,33)(H,30,31)/t20-,22?,23?,24?,26-,28-/m0/s1. The molecule has 4 N–H and O–H groups in total. The Morgan fingerprint density at radius 2 is 1.94 bits per heavy atom. The van der Waals surface area contributed by atoms with Crippen LogP contribution in [0.25, 0.3) is 0 Å². The third-order valence-electron chi connectivity index (χ3n) is 8.97. The maximum absolute atomic E-state index is 11.6. The molecule has 0 spiro atoms. The second-order valence-electron chi connectivity index (χ2n) is 10.8. The monoisotopic (exact) mass is 447 g/mol. The molecule has 1 amide bonds. The van der Waals surface area contributed by atoms with Crippen LogP contribution in [-0.2, 0) is 24.1 Å². The number of fused-ring (bicyclic) bond motifs is 5. The highest BCUT2D eigenvalue weighted by molar-refractivity contribution is 5.92. The topological polar surface area (TPSA) is 101 Å². The third kappa shape index (κ3) is 3.86. The summed E-state index contributed by atoms with van der Waals surface area (Å²) in [6.07, 6.45) is 5.67. The van der Waals surface area contributed by atoms with Crippen LogP contribution in [0.3, 0.4) is 0 Å². The number of nitrogens with two attached hydrogens (primary N) is 1. The van der Waals surface area contributed by atoms with Crippen molar-refractivity contribution in [1.29, 1.82) is 0 Å². The number of amides is 1. The zero-order valence-corrected chi connectivity index (χ0v) is 19.2. The van der Waals surface area contributed by atoms with E-state index >= 15 is 0 Å². The van der Waals surface area contributed by atoms with Gasteiger partial charge >= 0.3 is 5.97 Å². The Kier molecular flexibility index (Phi) is 5.56.